The highest BCUT2D eigenvalue weighted by molar-refractivity contribution is 5.87. The van der Waals surface area contributed by atoms with Gasteiger partial charge >= 0.3 is 0 Å². The molecule has 6 nitrogen and oxygen atoms in total. The molecule has 0 saturated carbocycles. The first-order valence-corrected chi connectivity index (χ1v) is 9.53. The maximum absolute atomic E-state index is 4.68. The third kappa shape index (κ3) is 2.82. The highest BCUT2D eigenvalue weighted by atomic mass is 14.8. The summed E-state index contributed by atoms with van der Waals surface area (Å²) in [7, 11) is 0. The molecule has 0 aliphatic carbocycles. The Labute approximate surface area is 171 Å². The van der Waals surface area contributed by atoms with E-state index < -0.39 is 0 Å². The van der Waals surface area contributed by atoms with Crippen molar-refractivity contribution >= 4 is 32.8 Å². The Balaban J connectivity index is 1.41. The molecule has 0 bridgehead atoms. The molecule has 6 rings (SSSR count). The average Bonchev–Trinajstić information content (AvgIpc) is 2.83. The molecule has 0 amide bonds. The van der Waals surface area contributed by atoms with Crippen molar-refractivity contribution in [1.82, 2.24) is 29.9 Å². The molecule has 140 valence electrons. The molecule has 0 atom stereocenters. The third-order valence-corrected chi connectivity index (χ3v) is 5.07. The number of hydrogen-bond acceptors (Lipinski definition) is 6. The monoisotopic (exact) mass is 386 g/mol. The van der Waals surface area contributed by atoms with E-state index in [0.717, 1.165) is 55.5 Å². The summed E-state index contributed by atoms with van der Waals surface area (Å²) in [4.78, 5) is 27.1. The van der Waals surface area contributed by atoms with Gasteiger partial charge < -0.3 is 0 Å². The van der Waals surface area contributed by atoms with Gasteiger partial charge in [-0.3, -0.25) is 24.9 Å². The number of hydrogen-bond donors (Lipinski definition) is 0. The summed E-state index contributed by atoms with van der Waals surface area (Å²) in [5, 5.41) is 2.00. The minimum absolute atomic E-state index is 0.781. The van der Waals surface area contributed by atoms with Crippen molar-refractivity contribution in [3.8, 4) is 22.6 Å². The molecular formula is C24H14N6. The van der Waals surface area contributed by atoms with Crippen LogP contribution in [0.15, 0.2) is 85.6 Å². The van der Waals surface area contributed by atoms with Crippen molar-refractivity contribution in [2.45, 2.75) is 0 Å². The van der Waals surface area contributed by atoms with Crippen LogP contribution in [-0.4, -0.2) is 29.9 Å². The minimum Gasteiger partial charge on any atom is -0.255 e. The summed E-state index contributed by atoms with van der Waals surface area (Å²) in [5.41, 5.74) is 6.82. The van der Waals surface area contributed by atoms with Crippen LogP contribution in [-0.2, 0) is 0 Å². The van der Waals surface area contributed by atoms with Crippen LogP contribution in [0.4, 0.5) is 0 Å². The van der Waals surface area contributed by atoms with Crippen molar-refractivity contribution in [3.63, 3.8) is 0 Å². The topological polar surface area (TPSA) is 77.3 Å². The summed E-state index contributed by atoms with van der Waals surface area (Å²) in [6.07, 6.45) is 9.00. The summed E-state index contributed by atoms with van der Waals surface area (Å²) in [6.45, 7) is 0. The van der Waals surface area contributed by atoms with E-state index in [1.165, 1.54) is 0 Å². The van der Waals surface area contributed by atoms with Gasteiger partial charge in [-0.05, 0) is 48.5 Å². The lowest BCUT2D eigenvalue weighted by Gasteiger charge is -2.06. The Morgan fingerprint density at radius 2 is 1.33 bits per heavy atom. The van der Waals surface area contributed by atoms with Crippen LogP contribution < -0.4 is 0 Å². The third-order valence-electron chi connectivity index (χ3n) is 5.07. The largest absolute Gasteiger partial charge is 0.255 e. The zero-order valence-electron chi connectivity index (χ0n) is 15.8. The van der Waals surface area contributed by atoms with Crippen LogP contribution in [0.5, 0.6) is 0 Å². The molecule has 0 aliphatic heterocycles. The number of aromatic nitrogens is 6. The molecule has 0 radical (unpaired) electrons. The van der Waals surface area contributed by atoms with Crippen LogP contribution >= 0.6 is 0 Å². The molecule has 6 heterocycles. The Hall–Kier alpha value is -4.32. The number of rotatable bonds is 2. The minimum atomic E-state index is 0.781. The zero-order valence-corrected chi connectivity index (χ0v) is 15.8. The van der Waals surface area contributed by atoms with Crippen LogP contribution in [0, 0.1) is 0 Å². The van der Waals surface area contributed by atoms with Gasteiger partial charge in [0.15, 0.2) is 0 Å². The first-order valence-electron chi connectivity index (χ1n) is 9.53. The van der Waals surface area contributed by atoms with E-state index in [-0.39, 0.29) is 0 Å². The van der Waals surface area contributed by atoms with Gasteiger partial charge in [-0.15, -0.1) is 0 Å². The van der Waals surface area contributed by atoms with Crippen molar-refractivity contribution < 1.29 is 0 Å². The lowest BCUT2D eigenvalue weighted by atomic mass is 10.1. The number of fused-ring (bicyclic) bond motifs is 3. The van der Waals surface area contributed by atoms with E-state index in [4.69, 9.17) is 0 Å². The van der Waals surface area contributed by atoms with Gasteiger partial charge in [0, 0.05) is 41.1 Å². The molecule has 0 aromatic carbocycles. The molecular weight excluding hydrogens is 372 g/mol. The molecule has 0 spiro atoms. The predicted octanol–water partition coefficient (Wildman–Crippen LogP) is 4.85. The van der Waals surface area contributed by atoms with Gasteiger partial charge in [0.25, 0.3) is 0 Å². The van der Waals surface area contributed by atoms with E-state index in [2.05, 4.69) is 36.0 Å². The lowest BCUT2D eigenvalue weighted by molar-refractivity contribution is 1.26. The molecule has 0 unspecified atom stereocenters. The van der Waals surface area contributed by atoms with E-state index in [0.29, 0.717) is 0 Å². The maximum atomic E-state index is 4.68. The Bertz CT molecular complexity index is 1440. The van der Waals surface area contributed by atoms with Crippen molar-refractivity contribution in [1.29, 1.82) is 0 Å². The van der Waals surface area contributed by atoms with Gasteiger partial charge in [0.2, 0.25) is 0 Å². The normalized spacial score (nSPS) is 11.3. The van der Waals surface area contributed by atoms with E-state index in [1.54, 1.807) is 18.6 Å². The predicted molar refractivity (Wildman–Crippen MR) is 117 cm³/mol. The fourth-order valence-corrected chi connectivity index (χ4v) is 3.53. The van der Waals surface area contributed by atoms with Crippen LogP contribution in [0.2, 0.25) is 0 Å². The Morgan fingerprint density at radius 1 is 0.467 bits per heavy atom. The van der Waals surface area contributed by atoms with Crippen LogP contribution in [0.3, 0.4) is 0 Å². The van der Waals surface area contributed by atoms with Crippen molar-refractivity contribution in [3.05, 3.63) is 85.6 Å². The molecule has 6 aromatic rings. The fourth-order valence-electron chi connectivity index (χ4n) is 3.53. The highest BCUT2D eigenvalue weighted by Gasteiger charge is 2.08. The first-order chi connectivity index (χ1) is 14.8. The molecule has 0 N–H and O–H groups in total. The van der Waals surface area contributed by atoms with Crippen molar-refractivity contribution in [2.24, 2.45) is 0 Å². The summed E-state index contributed by atoms with van der Waals surface area (Å²) in [6, 6.07) is 17.7. The standard InChI is InChI=1S/C24H14N6/c1-3-15-10-21(29-14-24(15)26-7-1)16-9-17-13-28-23(11-22(17)27-12-16)20-6-5-18-19(30-20)4-2-8-25-18/h1-14H. The molecule has 0 aliphatic rings. The van der Waals surface area contributed by atoms with Gasteiger partial charge in [0.1, 0.15) is 0 Å². The Morgan fingerprint density at radius 3 is 2.30 bits per heavy atom. The molecule has 0 fully saturated rings. The summed E-state index contributed by atoms with van der Waals surface area (Å²) >= 11 is 0. The van der Waals surface area contributed by atoms with E-state index in [1.807, 2.05) is 60.9 Å². The average molecular weight is 386 g/mol. The Kier molecular flexibility index (Phi) is 3.67. The van der Waals surface area contributed by atoms with Gasteiger partial charge in [-0.1, -0.05) is 6.07 Å². The summed E-state index contributed by atoms with van der Waals surface area (Å²) < 4.78 is 0. The molecule has 6 aromatic heterocycles. The van der Waals surface area contributed by atoms with Gasteiger partial charge in [-0.2, -0.15) is 0 Å². The smallest absolute Gasteiger partial charge is 0.0908 e. The van der Waals surface area contributed by atoms with Crippen molar-refractivity contribution in [2.75, 3.05) is 0 Å². The van der Waals surface area contributed by atoms with Crippen LogP contribution in [0.25, 0.3) is 55.5 Å². The molecule has 30 heavy (non-hydrogen) atoms. The van der Waals surface area contributed by atoms with Gasteiger partial charge in [-0.25, -0.2) is 4.98 Å². The first kappa shape index (κ1) is 16.6. The second kappa shape index (κ2) is 6.63. The molecule has 6 heteroatoms. The molecule has 0 saturated heterocycles. The van der Waals surface area contributed by atoms with E-state index >= 15 is 0 Å². The fraction of sp³-hybridized carbons (Fsp3) is 0. The quantitative estimate of drug-likeness (QED) is 0.423. The van der Waals surface area contributed by atoms with Crippen LogP contribution in [0.1, 0.15) is 0 Å². The highest BCUT2D eigenvalue weighted by Crippen LogP contribution is 2.26. The van der Waals surface area contributed by atoms with E-state index in [9.17, 15) is 0 Å². The van der Waals surface area contributed by atoms with Gasteiger partial charge in [0.05, 0.1) is 45.3 Å². The second-order valence-corrected chi connectivity index (χ2v) is 6.99. The second-order valence-electron chi connectivity index (χ2n) is 6.99. The number of pyridine rings is 6. The zero-order chi connectivity index (χ0) is 19.9. The SMILES string of the molecule is c1cnc2cnc(-c3cnc4cc(-c5ccc6ncccc6n5)ncc4c3)cc2c1. The summed E-state index contributed by atoms with van der Waals surface area (Å²) in [5.74, 6) is 0. The lowest BCUT2D eigenvalue weighted by Crippen LogP contribution is -1.92. The number of nitrogens with zero attached hydrogens (tertiary/aromatic N) is 6. The maximum Gasteiger partial charge on any atom is 0.0908 e.